The molecule has 0 saturated heterocycles. The van der Waals surface area contributed by atoms with Crippen molar-refractivity contribution in [1.82, 2.24) is 14.7 Å². The van der Waals surface area contributed by atoms with Gasteiger partial charge in [0.05, 0.1) is 41.0 Å². The van der Waals surface area contributed by atoms with Gasteiger partial charge in [-0.3, -0.25) is 14.3 Å². The van der Waals surface area contributed by atoms with Gasteiger partial charge in [0.25, 0.3) is 5.91 Å². The van der Waals surface area contributed by atoms with E-state index in [4.69, 9.17) is 35.5 Å². The predicted molar refractivity (Wildman–Crippen MR) is 151 cm³/mol. The molecule has 0 radical (unpaired) electrons. The molecule has 9 heteroatoms. The maximum atomic E-state index is 13.6. The molecule has 0 spiro atoms. The number of amides is 2. The molecule has 0 unspecified atom stereocenters. The average molecular weight is 563 g/mol. The first-order chi connectivity index (χ1) is 18.7. The van der Waals surface area contributed by atoms with Crippen molar-refractivity contribution in [1.29, 1.82) is 0 Å². The Labute approximate surface area is 237 Å². The van der Waals surface area contributed by atoms with Crippen molar-refractivity contribution in [3.63, 3.8) is 0 Å². The normalized spacial score (nSPS) is 23.8. The quantitative estimate of drug-likeness (QED) is 0.359. The molecule has 2 aromatic carbocycles. The van der Waals surface area contributed by atoms with Gasteiger partial charge in [0.15, 0.2) is 5.69 Å². The van der Waals surface area contributed by atoms with Gasteiger partial charge >= 0.3 is 0 Å². The smallest absolute Gasteiger partial charge is 0.252 e. The molecule has 7 nitrogen and oxygen atoms in total. The number of benzene rings is 2. The van der Waals surface area contributed by atoms with Crippen molar-refractivity contribution >= 4 is 40.7 Å². The van der Waals surface area contributed by atoms with Gasteiger partial charge in [-0.25, -0.2) is 4.85 Å². The van der Waals surface area contributed by atoms with E-state index in [2.05, 4.69) is 22.1 Å². The molecule has 39 heavy (non-hydrogen) atoms. The number of primary amides is 1. The Balaban J connectivity index is 1.18. The van der Waals surface area contributed by atoms with Gasteiger partial charge in [-0.2, -0.15) is 5.10 Å². The van der Waals surface area contributed by atoms with Crippen LogP contribution in [-0.2, 0) is 23.3 Å². The minimum atomic E-state index is -0.578. The molecule has 3 saturated carbocycles. The van der Waals surface area contributed by atoms with Crippen LogP contribution in [0.15, 0.2) is 42.5 Å². The Hall–Kier alpha value is -3.34. The first kappa shape index (κ1) is 25.9. The zero-order chi connectivity index (χ0) is 27.4. The van der Waals surface area contributed by atoms with Crippen LogP contribution in [0.2, 0.25) is 10.0 Å². The number of carbonyl (C=O) groups is 2. The number of fused-ring (bicyclic) bond motifs is 4. The molecule has 2 bridgehead atoms. The zero-order valence-corrected chi connectivity index (χ0v) is 23.1. The molecule has 2 N–H and O–H groups in total. The fourth-order valence-corrected chi connectivity index (χ4v) is 7.22. The van der Waals surface area contributed by atoms with Crippen molar-refractivity contribution in [3.8, 4) is 11.3 Å². The SMILES string of the molecule is [C-]#[N+]c1ccc(C23CCC(CC(=O)N4CCn5nc(-c6ccc(Cl)c(Cl)c6)c(C(N)=O)c5C4)(CC2)CC3)cc1. The van der Waals surface area contributed by atoms with E-state index in [0.29, 0.717) is 64.3 Å². The third-order valence-corrected chi connectivity index (χ3v) is 10.0. The lowest BCUT2D eigenvalue weighted by Gasteiger charge is -2.54. The number of aromatic nitrogens is 2. The summed E-state index contributed by atoms with van der Waals surface area (Å²) in [5.41, 5.74) is 10.1. The van der Waals surface area contributed by atoms with Gasteiger partial charge in [0.1, 0.15) is 5.69 Å². The maximum Gasteiger partial charge on any atom is 0.252 e. The molecule has 200 valence electrons. The number of nitrogens with zero attached hydrogens (tertiary/aromatic N) is 4. The number of hydrogen-bond acceptors (Lipinski definition) is 3. The molecule has 1 aromatic heterocycles. The van der Waals surface area contributed by atoms with E-state index in [0.717, 1.165) is 38.5 Å². The van der Waals surface area contributed by atoms with Gasteiger partial charge < -0.3 is 10.6 Å². The minimum Gasteiger partial charge on any atom is -0.365 e. The molecule has 7 rings (SSSR count). The summed E-state index contributed by atoms with van der Waals surface area (Å²) in [5.74, 6) is -0.449. The number of hydrogen-bond donors (Lipinski definition) is 1. The zero-order valence-electron chi connectivity index (χ0n) is 21.6. The fourth-order valence-electron chi connectivity index (χ4n) is 6.92. The molecular formula is C30H29Cl2N5O2. The number of carbonyl (C=O) groups excluding carboxylic acids is 2. The summed E-state index contributed by atoms with van der Waals surface area (Å²) in [7, 11) is 0. The van der Waals surface area contributed by atoms with Gasteiger partial charge in [0, 0.05) is 18.5 Å². The standard InChI is InChI=1S/C30H29Cl2N5O2/c1-34-21-5-3-20(4-6-21)30-11-8-29(9-12-30,10-13-30)17-25(38)36-14-15-37-24(18-36)26(28(33)39)27(35-37)19-2-7-22(31)23(32)16-19/h2-7,16H,8-15,17-18H2,(H2,33,39). The fraction of sp³-hybridized carbons (Fsp3) is 0.400. The second-order valence-electron chi connectivity index (χ2n) is 11.3. The van der Waals surface area contributed by atoms with E-state index in [1.165, 1.54) is 5.56 Å². The predicted octanol–water partition coefficient (Wildman–Crippen LogP) is 6.53. The topological polar surface area (TPSA) is 85.6 Å². The van der Waals surface area contributed by atoms with Crippen LogP contribution in [0.3, 0.4) is 0 Å². The van der Waals surface area contributed by atoms with Gasteiger partial charge in [-0.1, -0.05) is 53.5 Å². The Morgan fingerprint density at radius 1 is 0.974 bits per heavy atom. The van der Waals surface area contributed by atoms with Crippen LogP contribution >= 0.6 is 23.2 Å². The highest BCUT2D eigenvalue weighted by molar-refractivity contribution is 6.42. The van der Waals surface area contributed by atoms with Crippen molar-refractivity contribution in [2.45, 2.75) is 63.5 Å². The van der Waals surface area contributed by atoms with E-state index in [1.807, 2.05) is 17.0 Å². The maximum absolute atomic E-state index is 13.6. The summed E-state index contributed by atoms with van der Waals surface area (Å²) in [6.07, 6.45) is 6.84. The summed E-state index contributed by atoms with van der Waals surface area (Å²) < 4.78 is 1.79. The van der Waals surface area contributed by atoms with Crippen LogP contribution in [0.5, 0.6) is 0 Å². The highest BCUT2D eigenvalue weighted by atomic mass is 35.5. The van der Waals surface area contributed by atoms with E-state index < -0.39 is 5.91 Å². The molecule has 0 atom stereocenters. The number of halogens is 2. The summed E-state index contributed by atoms with van der Waals surface area (Å²) in [6, 6.07) is 13.2. The Bertz CT molecular complexity index is 1500. The summed E-state index contributed by atoms with van der Waals surface area (Å²) in [5, 5.41) is 5.46. The van der Waals surface area contributed by atoms with Crippen LogP contribution in [0.25, 0.3) is 16.1 Å². The van der Waals surface area contributed by atoms with Crippen LogP contribution in [0, 0.1) is 12.0 Å². The van der Waals surface area contributed by atoms with E-state index >= 15 is 0 Å². The minimum absolute atomic E-state index is 0.0325. The second kappa shape index (κ2) is 9.69. The highest BCUT2D eigenvalue weighted by Gasteiger charge is 2.50. The lowest BCUT2D eigenvalue weighted by molar-refractivity contribution is -0.137. The first-order valence-corrected chi connectivity index (χ1v) is 14.1. The summed E-state index contributed by atoms with van der Waals surface area (Å²) in [6.45, 7) is 8.56. The van der Waals surface area contributed by atoms with Crippen LogP contribution in [0.4, 0.5) is 5.69 Å². The summed E-state index contributed by atoms with van der Waals surface area (Å²) in [4.78, 5) is 31.6. The van der Waals surface area contributed by atoms with Gasteiger partial charge in [0.2, 0.25) is 5.91 Å². The van der Waals surface area contributed by atoms with E-state index in [1.54, 1.807) is 22.9 Å². The van der Waals surface area contributed by atoms with Crippen LogP contribution < -0.4 is 5.73 Å². The first-order valence-electron chi connectivity index (χ1n) is 13.3. The van der Waals surface area contributed by atoms with E-state index in [-0.39, 0.29) is 16.7 Å². The van der Waals surface area contributed by atoms with Crippen LogP contribution in [-0.4, -0.2) is 33.0 Å². The monoisotopic (exact) mass is 561 g/mol. The molecule has 3 aromatic rings. The molecular weight excluding hydrogens is 533 g/mol. The molecule has 3 fully saturated rings. The van der Waals surface area contributed by atoms with Crippen molar-refractivity contribution < 1.29 is 9.59 Å². The number of rotatable bonds is 5. The van der Waals surface area contributed by atoms with Crippen LogP contribution in [0.1, 0.15) is 66.6 Å². The lowest BCUT2D eigenvalue weighted by Crippen LogP contribution is -2.47. The Morgan fingerprint density at radius 3 is 2.28 bits per heavy atom. The Kier molecular flexibility index (Phi) is 6.44. The van der Waals surface area contributed by atoms with Gasteiger partial charge in [-0.05, 0) is 67.1 Å². The van der Waals surface area contributed by atoms with Gasteiger partial charge in [-0.15, -0.1) is 0 Å². The average Bonchev–Trinajstić information content (AvgIpc) is 3.34. The summed E-state index contributed by atoms with van der Waals surface area (Å²) >= 11 is 12.3. The number of nitrogens with two attached hydrogens (primary N) is 1. The third-order valence-electron chi connectivity index (χ3n) is 9.31. The molecule has 2 amide bonds. The third kappa shape index (κ3) is 4.50. The van der Waals surface area contributed by atoms with Crippen molar-refractivity contribution in [2.24, 2.45) is 11.1 Å². The largest absolute Gasteiger partial charge is 0.365 e. The Morgan fingerprint density at radius 2 is 1.67 bits per heavy atom. The van der Waals surface area contributed by atoms with E-state index in [9.17, 15) is 9.59 Å². The second-order valence-corrected chi connectivity index (χ2v) is 12.1. The lowest BCUT2D eigenvalue weighted by atomic mass is 9.51. The highest BCUT2D eigenvalue weighted by Crippen LogP contribution is 2.59. The van der Waals surface area contributed by atoms with Crippen molar-refractivity contribution in [2.75, 3.05) is 6.54 Å². The molecule has 4 aliphatic rings. The van der Waals surface area contributed by atoms with Crippen molar-refractivity contribution in [3.05, 3.63) is 80.7 Å². The molecule has 2 heterocycles. The molecule has 3 aliphatic carbocycles. The molecule has 1 aliphatic heterocycles.